The van der Waals surface area contributed by atoms with E-state index in [-0.39, 0.29) is 30.5 Å². The van der Waals surface area contributed by atoms with Gasteiger partial charge in [-0.2, -0.15) is 0 Å². The zero-order chi connectivity index (χ0) is 15.8. The first-order valence-corrected chi connectivity index (χ1v) is 6.84. The van der Waals surface area contributed by atoms with E-state index >= 15 is 0 Å². The highest BCUT2D eigenvalue weighted by Crippen LogP contribution is 2.05. The number of nitrogens with one attached hydrogen (secondary N) is 2. The Balaban J connectivity index is 1.69. The number of rotatable bonds is 6. The maximum Gasteiger partial charge on any atom is 0.224 e. The van der Waals surface area contributed by atoms with Crippen molar-refractivity contribution in [2.24, 2.45) is 0 Å². The van der Waals surface area contributed by atoms with Gasteiger partial charge < -0.3 is 10.6 Å². The fourth-order valence-electron chi connectivity index (χ4n) is 1.78. The summed E-state index contributed by atoms with van der Waals surface area (Å²) in [6.07, 6.45) is 3.32. The normalized spacial score (nSPS) is 10.0. The lowest BCUT2D eigenvalue weighted by Crippen LogP contribution is -2.24. The first kappa shape index (κ1) is 15.6. The van der Waals surface area contributed by atoms with E-state index in [1.54, 1.807) is 30.5 Å². The van der Waals surface area contributed by atoms with Gasteiger partial charge in [0.25, 0.3) is 0 Å². The average molecular weight is 301 g/mol. The Morgan fingerprint density at radius 3 is 2.45 bits per heavy atom. The molecule has 1 heterocycles. The molecule has 0 atom stereocenters. The van der Waals surface area contributed by atoms with Crippen LogP contribution in [0.25, 0.3) is 0 Å². The molecule has 0 fully saturated rings. The number of nitrogens with zero attached hydrogens (tertiary/aromatic N) is 1. The first-order chi connectivity index (χ1) is 10.6. The van der Waals surface area contributed by atoms with E-state index in [9.17, 15) is 14.0 Å². The van der Waals surface area contributed by atoms with Crippen LogP contribution in [0.1, 0.15) is 18.4 Å². The molecule has 114 valence electrons. The van der Waals surface area contributed by atoms with Gasteiger partial charge >= 0.3 is 0 Å². The van der Waals surface area contributed by atoms with Crippen LogP contribution in [0.3, 0.4) is 0 Å². The molecule has 22 heavy (non-hydrogen) atoms. The number of hydrogen-bond acceptors (Lipinski definition) is 3. The molecule has 0 saturated heterocycles. The van der Waals surface area contributed by atoms with Gasteiger partial charge in [0.2, 0.25) is 11.8 Å². The zero-order valence-corrected chi connectivity index (χ0v) is 11.9. The molecule has 5 nitrogen and oxygen atoms in total. The number of anilines is 1. The minimum Gasteiger partial charge on any atom is -0.352 e. The molecule has 2 aromatic rings. The largest absolute Gasteiger partial charge is 0.352 e. The van der Waals surface area contributed by atoms with Crippen molar-refractivity contribution in [3.05, 3.63) is 60.2 Å². The van der Waals surface area contributed by atoms with Gasteiger partial charge in [0.1, 0.15) is 5.82 Å². The van der Waals surface area contributed by atoms with E-state index in [4.69, 9.17) is 0 Å². The van der Waals surface area contributed by atoms with Gasteiger partial charge in [0.15, 0.2) is 0 Å². The zero-order valence-electron chi connectivity index (χ0n) is 11.9. The molecule has 2 rings (SSSR count). The van der Waals surface area contributed by atoms with Gasteiger partial charge in [-0.1, -0.05) is 12.1 Å². The van der Waals surface area contributed by atoms with Gasteiger partial charge in [-0.3, -0.25) is 14.6 Å². The van der Waals surface area contributed by atoms with Crippen LogP contribution in [0.5, 0.6) is 0 Å². The number of carbonyl (C=O) groups excluding carboxylic acids is 2. The van der Waals surface area contributed by atoms with E-state index in [1.165, 1.54) is 18.3 Å². The molecule has 0 aliphatic rings. The van der Waals surface area contributed by atoms with E-state index in [0.29, 0.717) is 12.2 Å². The summed E-state index contributed by atoms with van der Waals surface area (Å²) >= 11 is 0. The topological polar surface area (TPSA) is 71.1 Å². The van der Waals surface area contributed by atoms with Crippen molar-refractivity contribution < 1.29 is 14.0 Å². The number of carbonyl (C=O) groups is 2. The third-order valence-electron chi connectivity index (χ3n) is 2.93. The van der Waals surface area contributed by atoms with Crippen molar-refractivity contribution >= 4 is 17.5 Å². The van der Waals surface area contributed by atoms with Crippen LogP contribution in [0.15, 0.2) is 48.8 Å². The predicted molar refractivity (Wildman–Crippen MR) is 80.3 cm³/mol. The molecule has 2 amide bonds. The summed E-state index contributed by atoms with van der Waals surface area (Å²) < 4.78 is 12.7. The highest BCUT2D eigenvalue weighted by atomic mass is 19.1. The van der Waals surface area contributed by atoms with Gasteiger partial charge in [0.05, 0.1) is 11.9 Å². The molecule has 2 N–H and O–H groups in total. The van der Waals surface area contributed by atoms with Crippen molar-refractivity contribution in [1.29, 1.82) is 0 Å². The lowest BCUT2D eigenvalue weighted by molar-refractivity contribution is -0.124. The summed E-state index contributed by atoms with van der Waals surface area (Å²) in [4.78, 5) is 27.2. The van der Waals surface area contributed by atoms with Gasteiger partial charge in [0, 0.05) is 25.6 Å². The molecular weight excluding hydrogens is 285 g/mol. The fraction of sp³-hybridized carbons (Fsp3) is 0.188. The highest BCUT2D eigenvalue weighted by molar-refractivity contribution is 5.93. The molecule has 0 aliphatic heterocycles. The number of benzene rings is 1. The second kappa shape index (κ2) is 7.87. The number of amides is 2. The van der Waals surface area contributed by atoms with Crippen molar-refractivity contribution in [1.82, 2.24) is 10.3 Å². The summed E-state index contributed by atoms with van der Waals surface area (Å²) in [5.74, 6) is -0.794. The van der Waals surface area contributed by atoms with Crippen molar-refractivity contribution in [2.75, 3.05) is 5.32 Å². The molecule has 0 unspecified atom stereocenters. The quantitative estimate of drug-likeness (QED) is 0.859. The Hall–Kier alpha value is -2.76. The van der Waals surface area contributed by atoms with Crippen LogP contribution < -0.4 is 10.6 Å². The Kier molecular flexibility index (Phi) is 5.59. The number of aromatic nitrogens is 1. The molecule has 0 bridgehead atoms. The second-order valence-electron chi connectivity index (χ2n) is 4.69. The Labute approximate surface area is 127 Å². The molecule has 0 aliphatic carbocycles. The summed E-state index contributed by atoms with van der Waals surface area (Å²) in [7, 11) is 0. The Morgan fingerprint density at radius 2 is 1.77 bits per heavy atom. The van der Waals surface area contributed by atoms with E-state index in [1.807, 2.05) is 0 Å². The minimum atomic E-state index is -0.317. The van der Waals surface area contributed by atoms with Crippen LogP contribution in [0.2, 0.25) is 0 Å². The molecule has 1 aromatic carbocycles. The first-order valence-electron chi connectivity index (χ1n) is 6.84. The van der Waals surface area contributed by atoms with Gasteiger partial charge in [-0.25, -0.2) is 4.39 Å². The summed E-state index contributed by atoms with van der Waals surface area (Å²) in [5, 5.41) is 5.34. The van der Waals surface area contributed by atoms with Crippen molar-refractivity contribution in [2.45, 2.75) is 19.4 Å². The second-order valence-corrected chi connectivity index (χ2v) is 4.69. The molecule has 0 spiro atoms. The lowest BCUT2D eigenvalue weighted by atomic mass is 10.2. The molecule has 0 saturated carbocycles. The molecule has 6 heteroatoms. The van der Waals surface area contributed by atoms with Crippen LogP contribution >= 0.6 is 0 Å². The van der Waals surface area contributed by atoms with Crippen LogP contribution in [0, 0.1) is 5.82 Å². The number of hydrogen-bond donors (Lipinski definition) is 2. The lowest BCUT2D eigenvalue weighted by Gasteiger charge is -2.06. The smallest absolute Gasteiger partial charge is 0.224 e. The molecule has 1 aromatic heterocycles. The highest BCUT2D eigenvalue weighted by Gasteiger charge is 2.07. The standard InChI is InChI=1S/C16H16FN3O2/c17-13-5-3-12(4-6-13)10-19-15(21)7-8-16(22)20-14-2-1-9-18-11-14/h1-6,9,11H,7-8,10H2,(H,19,21)(H,20,22). The van der Waals surface area contributed by atoms with Crippen molar-refractivity contribution in [3.8, 4) is 0 Å². The number of halogens is 1. The Bertz CT molecular complexity index is 630. The molecular formula is C16H16FN3O2. The van der Waals surface area contributed by atoms with E-state index in [0.717, 1.165) is 5.56 Å². The SMILES string of the molecule is O=C(CCC(=O)Nc1cccnc1)NCc1ccc(F)cc1. The van der Waals surface area contributed by atoms with Gasteiger partial charge in [-0.15, -0.1) is 0 Å². The summed E-state index contributed by atoms with van der Waals surface area (Å²) in [5.41, 5.74) is 1.40. The van der Waals surface area contributed by atoms with Crippen LogP contribution in [-0.4, -0.2) is 16.8 Å². The maximum absolute atomic E-state index is 12.7. The van der Waals surface area contributed by atoms with Crippen LogP contribution in [0.4, 0.5) is 10.1 Å². The predicted octanol–water partition coefficient (Wildman–Crippen LogP) is 2.26. The summed E-state index contributed by atoms with van der Waals surface area (Å²) in [6, 6.07) is 9.31. The fourth-order valence-corrected chi connectivity index (χ4v) is 1.78. The third-order valence-corrected chi connectivity index (χ3v) is 2.93. The van der Waals surface area contributed by atoms with Gasteiger partial charge in [-0.05, 0) is 29.8 Å². The average Bonchev–Trinajstić information content (AvgIpc) is 2.53. The number of pyridine rings is 1. The monoisotopic (exact) mass is 301 g/mol. The van der Waals surface area contributed by atoms with Crippen molar-refractivity contribution in [3.63, 3.8) is 0 Å². The molecule has 0 radical (unpaired) electrons. The van der Waals surface area contributed by atoms with Crippen LogP contribution in [-0.2, 0) is 16.1 Å². The maximum atomic E-state index is 12.7. The Morgan fingerprint density at radius 1 is 1.05 bits per heavy atom. The third kappa shape index (κ3) is 5.32. The van der Waals surface area contributed by atoms with E-state index in [2.05, 4.69) is 15.6 Å². The minimum absolute atomic E-state index is 0.0874. The summed E-state index contributed by atoms with van der Waals surface area (Å²) in [6.45, 7) is 0.309. The van der Waals surface area contributed by atoms with E-state index < -0.39 is 0 Å².